The van der Waals surface area contributed by atoms with E-state index in [0.29, 0.717) is 31.5 Å². The Hall–Kier alpha value is -3.65. The number of primary amides is 1. The first kappa shape index (κ1) is 27.4. The number of carbonyl (C=O) groups is 4. The molecule has 3 aliphatic heterocycles. The highest BCUT2D eigenvalue weighted by molar-refractivity contribution is 5.93. The van der Waals surface area contributed by atoms with E-state index in [2.05, 4.69) is 11.4 Å². The van der Waals surface area contributed by atoms with Crippen LogP contribution in [0.15, 0.2) is 24.3 Å². The van der Waals surface area contributed by atoms with Gasteiger partial charge in [-0.15, -0.1) is 0 Å². The number of piperazine rings is 1. The Labute approximate surface area is 222 Å². The van der Waals surface area contributed by atoms with Crippen LogP contribution in [-0.2, 0) is 14.3 Å². The molecule has 4 rings (SSSR count). The van der Waals surface area contributed by atoms with Gasteiger partial charge in [-0.2, -0.15) is 5.26 Å². The maximum atomic E-state index is 13.5. The minimum absolute atomic E-state index is 0.0349. The molecule has 3 fully saturated rings. The highest BCUT2D eigenvalue weighted by Crippen LogP contribution is 2.38. The van der Waals surface area contributed by atoms with Crippen LogP contribution in [0.5, 0.6) is 0 Å². The topological polar surface area (TPSA) is 149 Å². The van der Waals surface area contributed by atoms with Crippen molar-refractivity contribution in [3.63, 3.8) is 0 Å². The molecule has 3 N–H and O–H groups in total. The summed E-state index contributed by atoms with van der Waals surface area (Å²) >= 11 is 0. The molecule has 0 aromatic heterocycles. The molecule has 5 atom stereocenters. The van der Waals surface area contributed by atoms with Crippen molar-refractivity contribution in [1.29, 1.82) is 5.26 Å². The molecule has 11 heteroatoms. The van der Waals surface area contributed by atoms with Crippen LogP contribution < -0.4 is 11.1 Å². The number of alkyl carbamates (subject to hydrolysis) is 1. The van der Waals surface area contributed by atoms with Crippen LogP contribution in [-0.4, -0.2) is 87.9 Å². The molecule has 3 aliphatic rings. The van der Waals surface area contributed by atoms with Gasteiger partial charge in [0.15, 0.2) is 0 Å². The predicted octanol–water partition coefficient (Wildman–Crippen LogP) is 1.54. The number of fused-ring (bicyclic) bond motifs is 2. The van der Waals surface area contributed by atoms with Gasteiger partial charge in [-0.05, 0) is 64.7 Å². The van der Waals surface area contributed by atoms with Crippen LogP contribution in [0.3, 0.4) is 0 Å². The van der Waals surface area contributed by atoms with Crippen LogP contribution in [0, 0.1) is 11.3 Å². The van der Waals surface area contributed by atoms with Crippen LogP contribution in [0.2, 0.25) is 0 Å². The third-order valence-corrected chi connectivity index (χ3v) is 7.50. The Balaban J connectivity index is 1.47. The molecule has 1 aromatic rings. The molecule has 11 nitrogen and oxygen atoms in total. The van der Waals surface area contributed by atoms with Crippen LogP contribution in [0.25, 0.3) is 0 Å². The standard InChI is InChI=1S/C27H36N6O5/c1-16(17-7-9-18(10-8-17)23(29)34)33-20-12-22(25(33)36)31(14-20)15-21(30-26(37)38-27(2,3)4)24(35)32-11-5-6-19(32)13-28/h7-10,16,19-22H,5-6,11-12,14-15H2,1-4H3,(H2,29,34)(H,30,37)/t16-,19+,20+,21+,22+/m1/s1. The summed E-state index contributed by atoms with van der Waals surface area (Å²) in [4.78, 5) is 56.3. The van der Waals surface area contributed by atoms with Crippen molar-refractivity contribution >= 4 is 23.8 Å². The number of hydrogen-bond donors (Lipinski definition) is 2. The molecule has 1 aromatic carbocycles. The molecule has 0 aliphatic carbocycles. The first-order chi connectivity index (χ1) is 17.9. The summed E-state index contributed by atoms with van der Waals surface area (Å²) in [5.41, 5.74) is 5.91. The van der Waals surface area contributed by atoms with E-state index in [9.17, 15) is 24.4 Å². The zero-order valence-electron chi connectivity index (χ0n) is 22.3. The van der Waals surface area contributed by atoms with Crippen molar-refractivity contribution in [3.05, 3.63) is 35.4 Å². The molecule has 3 saturated heterocycles. The second-order valence-electron chi connectivity index (χ2n) is 11.3. The molecular formula is C27H36N6O5. The van der Waals surface area contributed by atoms with Crippen LogP contribution in [0.1, 0.15) is 68.9 Å². The fourth-order valence-electron chi connectivity index (χ4n) is 5.72. The van der Waals surface area contributed by atoms with Gasteiger partial charge in [0.05, 0.1) is 18.2 Å². The van der Waals surface area contributed by atoms with Gasteiger partial charge < -0.3 is 25.6 Å². The molecule has 38 heavy (non-hydrogen) atoms. The predicted molar refractivity (Wildman–Crippen MR) is 137 cm³/mol. The molecule has 4 amide bonds. The number of nitrogens with two attached hydrogens (primary N) is 1. The lowest BCUT2D eigenvalue weighted by Crippen LogP contribution is -2.59. The van der Waals surface area contributed by atoms with Gasteiger partial charge >= 0.3 is 6.09 Å². The number of carbonyl (C=O) groups excluding carboxylic acids is 4. The lowest BCUT2D eigenvalue weighted by molar-refractivity contribution is -0.141. The van der Waals surface area contributed by atoms with E-state index in [0.717, 1.165) is 12.0 Å². The molecule has 0 saturated carbocycles. The van der Waals surface area contributed by atoms with Crippen molar-refractivity contribution in [3.8, 4) is 6.07 Å². The number of benzene rings is 1. The summed E-state index contributed by atoms with van der Waals surface area (Å²) in [7, 11) is 0. The minimum Gasteiger partial charge on any atom is -0.444 e. The van der Waals surface area contributed by atoms with E-state index in [1.165, 1.54) is 4.90 Å². The molecular weight excluding hydrogens is 488 g/mol. The van der Waals surface area contributed by atoms with Gasteiger partial charge in [0, 0.05) is 31.2 Å². The first-order valence-corrected chi connectivity index (χ1v) is 13.0. The van der Waals surface area contributed by atoms with Gasteiger partial charge in [0.2, 0.25) is 17.7 Å². The fourth-order valence-corrected chi connectivity index (χ4v) is 5.72. The molecule has 0 unspecified atom stereocenters. The zero-order chi connectivity index (χ0) is 27.8. The Morgan fingerprint density at radius 1 is 1.24 bits per heavy atom. The van der Waals surface area contributed by atoms with Crippen molar-refractivity contribution in [2.45, 2.75) is 82.8 Å². The lowest BCUT2D eigenvalue weighted by Gasteiger charge is -2.39. The average molecular weight is 525 g/mol. The third-order valence-electron chi connectivity index (χ3n) is 7.50. The van der Waals surface area contributed by atoms with Gasteiger partial charge in [-0.3, -0.25) is 19.3 Å². The van der Waals surface area contributed by atoms with Crippen molar-refractivity contribution < 1.29 is 23.9 Å². The molecule has 3 heterocycles. The molecule has 0 spiro atoms. The number of amides is 4. The summed E-state index contributed by atoms with van der Waals surface area (Å²) in [6, 6.07) is 6.98. The fraction of sp³-hybridized carbons (Fsp3) is 0.593. The Kier molecular flexibility index (Phi) is 7.65. The minimum atomic E-state index is -0.946. The lowest BCUT2D eigenvalue weighted by atomic mass is 10.0. The van der Waals surface area contributed by atoms with E-state index in [1.807, 2.05) is 28.9 Å². The van der Waals surface area contributed by atoms with Gasteiger partial charge in [-0.1, -0.05) is 12.1 Å². The first-order valence-electron chi connectivity index (χ1n) is 13.0. The number of ether oxygens (including phenoxy) is 1. The van der Waals surface area contributed by atoms with Crippen LogP contribution in [0.4, 0.5) is 4.79 Å². The van der Waals surface area contributed by atoms with Gasteiger partial charge in [-0.25, -0.2) is 4.79 Å². The monoisotopic (exact) mass is 524 g/mol. The van der Waals surface area contributed by atoms with Crippen molar-refractivity contribution in [1.82, 2.24) is 20.0 Å². The molecule has 0 radical (unpaired) electrons. The van der Waals surface area contributed by atoms with E-state index in [1.54, 1.807) is 32.9 Å². The number of nitriles is 1. The van der Waals surface area contributed by atoms with Crippen LogP contribution >= 0.6 is 0 Å². The Morgan fingerprint density at radius 3 is 2.50 bits per heavy atom. The highest BCUT2D eigenvalue weighted by Gasteiger charge is 2.52. The molecule has 2 bridgehead atoms. The second kappa shape index (κ2) is 10.6. The highest BCUT2D eigenvalue weighted by atomic mass is 16.6. The number of hydrogen-bond acceptors (Lipinski definition) is 7. The third kappa shape index (κ3) is 5.60. The number of likely N-dealkylation sites (tertiary alicyclic amines) is 3. The zero-order valence-corrected chi connectivity index (χ0v) is 22.3. The van der Waals surface area contributed by atoms with Gasteiger partial charge in [0.25, 0.3) is 0 Å². The van der Waals surface area contributed by atoms with Crippen molar-refractivity contribution in [2.75, 3.05) is 19.6 Å². The summed E-state index contributed by atoms with van der Waals surface area (Å²) in [5.74, 6) is -0.877. The van der Waals surface area contributed by atoms with E-state index in [4.69, 9.17) is 10.5 Å². The van der Waals surface area contributed by atoms with E-state index >= 15 is 0 Å². The Bertz CT molecular complexity index is 1140. The summed E-state index contributed by atoms with van der Waals surface area (Å²) in [5, 5.41) is 12.2. The number of nitrogens with zero attached hydrogens (tertiary/aromatic N) is 4. The number of rotatable bonds is 7. The Morgan fingerprint density at radius 2 is 1.92 bits per heavy atom. The molecule has 204 valence electrons. The summed E-state index contributed by atoms with van der Waals surface area (Å²) < 4.78 is 5.39. The number of nitrogens with one attached hydrogen (secondary N) is 1. The second-order valence-corrected chi connectivity index (χ2v) is 11.3. The quantitative estimate of drug-likeness (QED) is 0.549. The average Bonchev–Trinajstić information content (AvgIpc) is 3.56. The maximum absolute atomic E-state index is 13.5. The largest absolute Gasteiger partial charge is 0.444 e. The smallest absolute Gasteiger partial charge is 0.408 e. The summed E-state index contributed by atoms with van der Waals surface area (Å²) in [6.07, 6.45) is 1.24. The SMILES string of the molecule is C[C@H](c1ccc(C(N)=O)cc1)N1C(=O)[C@@H]2C[C@H]1CN2C[C@H](NC(=O)OC(C)(C)C)C(=O)N1CCC[C@H]1C#N. The van der Waals surface area contributed by atoms with Gasteiger partial charge in [0.1, 0.15) is 17.7 Å². The van der Waals surface area contributed by atoms with E-state index < -0.39 is 35.7 Å². The maximum Gasteiger partial charge on any atom is 0.408 e. The normalized spacial score (nSPS) is 24.7. The van der Waals surface area contributed by atoms with Crippen molar-refractivity contribution in [2.24, 2.45) is 5.73 Å². The van der Waals surface area contributed by atoms with E-state index in [-0.39, 0.29) is 30.4 Å². The summed E-state index contributed by atoms with van der Waals surface area (Å²) in [6.45, 7) is 8.33.